The second kappa shape index (κ2) is 10.8. The van der Waals surface area contributed by atoms with E-state index in [2.05, 4.69) is 5.32 Å². The van der Waals surface area contributed by atoms with Gasteiger partial charge in [0.25, 0.3) is 11.8 Å². The molecule has 0 fully saturated rings. The summed E-state index contributed by atoms with van der Waals surface area (Å²) >= 11 is 6.21. The molecule has 6 nitrogen and oxygen atoms in total. The van der Waals surface area contributed by atoms with Crippen molar-refractivity contribution in [2.75, 3.05) is 14.2 Å². The number of halogens is 3. The van der Waals surface area contributed by atoms with E-state index in [1.165, 1.54) is 26.3 Å². The molecule has 0 aliphatic rings. The Bertz CT molecular complexity index is 1240. The first-order chi connectivity index (χ1) is 16.2. The summed E-state index contributed by atoms with van der Waals surface area (Å²) in [6, 6.07) is 14.2. The summed E-state index contributed by atoms with van der Waals surface area (Å²) < 4.78 is 33.8. The predicted octanol–water partition coefficient (Wildman–Crippen LogP) is 4.57. The number of ether oxygens (including phenoxy) is 1. The zero-order chi connectivity index (χ0) is 24.8. The largest absolute Gasteiger partial charge is 0.497 e. The van der Waals surface area contributed by atoms with Gasteiger partial charge in [-0.05, 0) is 23.8 Å². The van der Waals surface area contributed by atoms with Gasteiger partial charge in [-0.2, -0.15) is 5.26 Å². The Morgan fingerprint density at radius 1 is 1.12 bits per heavy atom. The van der Waals surface area contributed by atoms with Gasteiger partial charge in [0.2, 0.25) is 0 Å². The average Bonchev–Trinajstić information content (AvgIpc) is 2.84. The van der Waals surface area contributed by atoms with E-state index in [-0.39, 0.29) is 11.3 Å². The molecule has 3 aromatic rings. The van der Waals surface area contributed by atoms with Crippen LogP contribution in [0.4, 0.5) is 8.78 Å². The quantitative estimate of drug-likeness (QED) is 0.394. The molecule has 0 saturated heterocycles. The first-order valence-electron chi connectivity index (χ1n) is 10.1. The van der Waals surface area contributed by atoms with Crippen molar-refractivity contribution in [1.29, 1.82) is 5.26 Å². The SMILES string of the molecule is COc1cc(F)c(C[C@H](NC(=O)c2ccc(-c3ccccc3Cl)cc2)C(=O)N(C)C#N)c(F)c1. The lowest BCUT2D eigenvalue weighted by Crippen LogP contribution is -2.47. The number of carbonyl (C=O) groups excluding carboxylic acids is 2. The highest BCUT2D eigenvalue weighted by Gasteiger charge is 2.28. The number of hydrogen-bond donors (Lipinski definition) is 1. The molecule has 9 heteroatoms. The minimum atomic E-state index is -1.39. The van der Waals surface area contributed by atoms with Crippen molar-refractivity contribution in [3.05, 3.63) is 88.4 Å². The lowest BCUT2D eigenvalue weighted by molar-refractivity contribution is -0.129. The van der Waals surface area contributed by atoms with E-state index in [1.54, 1.807) is 30.5 Å². The van der Waals surface area contributed by atoms with Crippen LogP contribution in [0.15, 0.2) is 60.7 Å². The molecule has 1 atom stereocenters. The van der Waals surface area contributed by atoms with Gasteiger partial charge in [0.15, 0.2) is 6.19 Å². The van der Waals surface area contributed by atoms with Gasteiger partial charge in [-0.15, -0.1) is 0 Å². The molecule has 0 unspecified atom stereocenters. The minimum absolute atomic E-state index is 0.0292. The van der Waals surface area contributed by atoms with Crippen LogP contribution in [0.25, 0.3) is 11.1 Å². The Balaban J connectivity index is 1.86. The second-order valence-electron chi connectivity index (χ2n) is 7.35. The number of hydrogen-bond acceptors (Lipinski definition) is 4. The van der Waals surface area contributed by atoms with Crippen molar-refractivity contribution >= 4 is 23.4 Å². The number of nitriles is 1. The molecule has 0 spiro atoms. The van der Waals surface area contributed by atoms with E-state index in [4.69, 9.17) is 21.6 Å². The molecule has 3 rings (SSSR count). The van der Waals surface area contributed by atoms with Crippen LogP contribution >= 0.6 is 11.6 Å². The summed E-state index contributed by atoms with van der Waals surface area (Å²) in [6.07, 6.45) is 1.13. The topological polar surface area (TPSA) is 82.4 Å². The van der Waals surface area contributed by atoms with Crippen LogP contribution in [-0.4, -0.2) is 36.9 Å². The highest BCUT2D eigenvalue weighted by atomic mass is 35.5. The van der Waals surface area contributed by atoms with Gasteiger partial charge in [-0.1, -0.05) is 41.9 Å². The number of likely N-dealkylation sites (N-methyl/N-ethyl adjacent to an activating group) is 1. The fourth-order valence-electron chi connectivity index (χ4n) is 3.32. The number of benzene rings is 3. The van der Waals surface area contributed by atoms with Crippen LogP contribution in [0.3, 0.4) is 0 Å². The van der Waals surface area contributed by atoms with Crippen molar-refractivity contribution in [3.63, 3.8) is 0 Å². The van der Waals surface area contributed by atoms with Gasteiger partial charge in [-0.25, -0.2) is 8.78 Å². The molecule has 0 aliphatic carbocycles. The van der Waals surface area contributed by atoms with Gasteiger partial charge in [0, 0.05) is 47.3 Å². The van der Waals surface area contributed by atoms with E-state index in [1.807, 2.05) is 12.1 Å². The summed E-state index contributed by atoms with van der Waals surface area (Å²) in [5.74, 6) is -3.37. The summed E-state index contributed by atoms with van der Waals surface area (Å²) in [6.45, 7) is 0. The lowest BCUT2D eigenvalue weighted by Gasteiger charge is -2.21. The van der Waals surface area contributed by atoms with Gasteiger partial charge in [0.05, 0.1) is 7.11 Å². The third-order valence-electron chi connectivity index (χ3n) is 5.17. The number of amides is 2. The van der Waals surface area contributed by atoms with E-state index in [9.17, 15) is 18.4 Å². The third-order valence-corrected chi connectivity index (χ3v) is 5.50. The maximum atomic E-state index is 14.5. The smallest absolute Gasteiger partial charge is 0.258 e. The molecule has 0 heterocycles. The fourth-order valence-corrected chi connectivity index (χ4v) is 3.56. The van der Waals surface area contributed by atoms with Crippen molar-refractivity contribution in [2.45, 2.75) is 12.5 Å². The first-order valence-corrected chi connectivity index (χ1v) is 10.5. The van der Waals surface area contributed by atoms with Crippen LogP contribution in [0.5, 0.6) is 5.75 Å². The zero-order valence-electron chi connectivity index (χ0n) is 18.3. The molecule has 0 aromatic heterocycles. The molecule has 0 bridgehead atoms. The molecule has 1 N–H and O–H groups in total. The van der Waals surface area contributed by atoms with Crippen LogP contribution in [-0.2, 0) is 11.2 Å². The van der Waals surface area contributed by atoms with Gasteiger partial charge in [0.1, 0.15) is 23.4 Å². The molecule has 0 aliphatic heterocycles. The normalized spacial score (nSPS) is 11.3. The second-order valence-corrected chi connectivity index (χ2v) is 7.76. The fraction of sp³-hybridized carbons (Fsp3) is 0.160. The Hall–Kier alpha value is -3.96. The number of nitrogens with zero attached hydrogens (tertiary/aromatic N) is 2. The highest BCUT2D eigenvalue weighted by molar-refractivity contribution is 6.33. The number of nitrogens with one attached hydrogen (secondary N) is 1. The number of methoxy groups -OCH3 is 1. The standard InChI is InChI=1S/C25H20ClF2N3O3/c1-31(14-29)25(33)23(13-19-21(27)11-17(34-2)12-22(19)28)30-24(32)16-9-7-15(8-10-16)18-5-3-4-6-20(18)26/h3-12,23H,13H2,1-2H3,(H,30,32)/t23-/m0/s1. The Kier molecular flexibility index (Phi) is 7.82. The Labute approximate surface area is 200 Å². The Morgan fingerprint density at radius 3 is 2.29 bits per heavy atom. The maximum Gasteiger partial charge on any atom is 0.258 e. The van der Waals surface area contributed by atoms with Gasteiger partial charge < -0.3 is 10.1 Å². The Morgan fingerprint density at radius 2 is 1.74 bits per heavy atom. The zero-order valence-corrected chi connectivity index (χ0v) is 19.1. The average molecular weight is 484 g/mol. The van der Waals surface area contributed by atoms with Crippen molar-refractivity contribution < 1.29 is 23.1 Å². The predicted molar refractivity (Wildman–Crippen MR) is 123 cm³/mol. The summed E-state index contributed by atoms with van der Waals surface area (Å²) in [4.78, 5) is 26.2. The van der Waals surface area contributed by atoms with Gasteiger partial charge >= 0.3 is 0 Å². The van der Waals surface area contributed by atoms with Crippen LogP contribution in [0.1, 0.15) is 15.9 Å². The van der Waals surface area contributed by atoms with E-state index < -0.39 is 41.5 Å². The van der Waals surface area contributed by atoms with E-state index in [0.717, 1.165) is 23.3 Å². The molecular weight excluding hydrogens is 464 g/mol. The molecule has 34 heavy (non-hydrogen) atoms. The third kappa shape index (κ3) is 5.50. The van der Waals surface area contributed by atoms with Crippen molar-refractivity contribution in [3.8, 4) is 23.1 Å². The summed E-state index contributed by atoms with van der Waals surface area (Å²) in [5.41, 5.74) is 1.36. The van der Waals surface area contributed by atoms with Crippen LogP contribution < -0.4 is 10.1 Å². The van der Waals surface area contributed by atoms with Crippen molar-refractivity contribution in [1.82, 2.24) is 10.2 Å². The number of carbonyl (C=O) groups is 2. The molecule has 174 valence electrons. The van der Waals surface area contributed by atoms with Crippen LogP contribution in [0, 0.1) is 23.1 Å². The molecule has 0 saturated carbocycles. The van der Waals surface area contributed by atoms with Gasteiger partial charge in [-0.3, -0.25) is 14.5 Å². The highest BCUT2D eigenvalue weighted by Crippen LogP contribution is 2.27. The molecule has 3 aromatic carbocycles. The van der Waals surface area contributed by atoms with Crippen LogP contribution in [0.2, 0.25) is 5.02 Å². The lowest BCUT2D eigenvalue weighted by atomic mass is 10.0. The summed E-state index contributed by atoms with van der Waals surface area (Å²) in [5, 5.41) is 12.1. The van der Waals surface area contributed by atoms with E-state index in [0.29, 0.717) is 9.92 Å². The van der Waals surface area contributed by atoms with E-state index >= 15 is 0 Å². The monoisotopic (exact) mass is 483 g/mol. The molecule has 0 radical (unpaired) electrons. The molecule has 2 amide bonds. The number of rotatable bonds is 7. The first kappa shape index (κ1) is 24.7. The summed E-state index contributed by atoms with van der Waals surface area (Å²) in [7, 11) is 2.46. The molecular formula is C25H20ClF2N3O3. The minimum Gasteiger partial charge on any atom is -0.497 e. The van der Waals surface area contributed by atoms with Crippen molar-refractivity contribution in [2.24, 2.45) is 0 Å². The maximum absolute atomic E-state index is 14.5.